The van der Waals surface area contributed by atoms with Gasteiger partial charge in [0.25, 0.3) is 5.91 Å². The number of nitrogens with zero attached hydrogens (tertiary/aromatic N) is 2. The van der Waals surface area contributed by atoms with Crippen molar-refractivity contribution < 1.29 is 4.79 Å². The Labute approximate surface area is 147 Å². The van der Waals surface area contributed by atoms with Crippen LogP contribution in [-0.2, 0) is 0 Å². The van der Waals surface area contributed by atoms with E-state index in [0.717, 1.165) is 48.4 Å². The van der Waals surface area contributed by atoms with Gasteiger partial charge in [-0.15, -0.1) is 0 Å². The Morgan fingerprint density at radius 1 is 1.08 bits per heavy atom. The van der Waals surface area contributed by atoms with Gasteiger partial charge in [0.2, 0.25) is 0 Å². The molecule has 25 heavy (non-hydrogen) atoms. The number of piperidine rings is 1. The molecular weight excluding hydrogens is 310 g/mol. The number of H-pyrrole nitrogens is 1. The zero-order chi connectivity index (χ0) is 17.1. The summed E-state index contributed by atoms with van der Waals surface area (Å²) in [6.45, 7) is 1.54. The number of hydrogen-bond donors (Lipinski definition) is 1. The third kappa shape index (κ3) is 3.33. The van der Waals surface area contributed by atoms with Crippen molar-refractivity contribution in [3.63, 3.8) is 0 Å². The summed E-state index contributed by atoms with van der Waals surface area (Å²) in [7, 11) is 0. The molecule has 1 N–H and O–H groups in total. The van der Waals surface area contributed by atoms with Gasteiger partial charge >= 0.3 is 0 Å². The number of aromatic nitrogens is 2. The zero-order valence-electron chi connectivity index (χ0n) is 14.1. The fourth-order valence-corrected chi connectivity index (χ4v) is 3.53. The first-order valence-electron chi connectivity index (χ1n) is 8.75. The van der Waals surface area contributed by atoms with Gasteiger partial charge in [-0.1, -0.05) is 42.5 Å². The van der Waals surface area contributed by atoms with Gasteiger partial charge in [0.1, 0.15) is 5.82 Å². The smallest absolute Gasteiger partial charge is 0.253 e. The minimum Gasteiger partial charge on any atom is -0.348 e. The second-order valence-electron chi connectivity index (χ2n) is 6.51. The summed E-state index contributed by atoms with van der Waals surface area (Å²) >= 11 is 0. The summed E-state index contributed by atoms with van der Waals surface area (Å²) in [5, 5.41) is 0. The number of imidazole rings is 1. The number of hydrogen-bond acceptors (Lipinski definition) is 2. The molecule has 4 nitrogen and oxygen atoms in total. The molecule has 1 atom stereocenters. The first-order chi connectivity index (χ1) is 12.3. The van der Waals surface area contributed by atoms with Crippen LogP contribution in [0.4, 0.5) is 0 Å². The van der Waals surface area contributed by atoms with E-state index in [9.17, 15) is 4.79 Å². The number of carbonyl (C=O) groups excluding carboxylic acids is 1. The number of likely N-dealkylation sites (tertiary alicyclic amines) is 1. The maximum absolute atomic E-state index is 13.0. The van der Waals surface area contributed by atoms with E-state index in [-0.39, 0.29) is 5.91 Å². The van der Waals surface area contributed by atoms with E-state index < -0.39 is 0 Å². The van der Waals surface area contributed by atoms with Crippen molar-refractivity contribution in [2.75, 3.05) is 13.1 Å². The number of nitrogens with one attached hydrogen (secondary N) is 1. The lowest BCUT2D eigenvalue weighted by atomic mass is 9.96. The Balaban J connectivity index is 1.54. The molecule has 1 unspecified atom stereocenters. The molecule has 126 valence electrons. The molecule has 0 bridgehead atoms. The average molecular weight is 331 g/mol. The average Bonchev–Trinajstić information content (AvgIpc) is 3.23. The quantitative estimate of drug-likeness (QED) is 0.785. The van der Waals surface area contributed by atoms with Gasteiger partial charge < -0.3 is 9.88 Å². The second-order valence-corrected chi connectivity index (χ2v) is 6.51. The Kier molecular flexibility index (Phi) is 4.34. The number of carbonyl (C=O) groups is 1. The fraction of sp³-hybridized carbons (Fsp3) is 0.238. The molecule has 0 spiro atoms. The maximum atomic E-state index is 13.0. The van der Waals surface area contributed by atoms with Crippen LogP contribution in [0.3, 0.4) is 0 Å². The third-order valence-corrected chi connectivity index (χ3v) is 4.83. The van der Waals surface area contributed by atoms with Crippen LogP contribution >= 0.6 is 0 Å². The van der Waals surface area contributed by atoms with Crippen molar-refractivity contribution in [1.29, 1.82) is 0 Å². The molecule has 0 saturated carbocycles. The molecule has 0 radical (unpaired) electrons. The highest BCUT2D eigenvalue weighted by atomic mass is 16.2. The van der Waals surface area contributed by atoms with Gasteiger partial charge in [0, 0.05) is 37.0 Å². The molecule has 1 aromatic heterocycles. The predicted molar refractivity (Wildman–Crippen MR) is 98.3 cm³/mol. The molecule has 2 heterocycles. The van der Waals surface area contributed by atoms with Crippen LogP contribution in [0.25, 0.3) is 11.1 Å². The van der Waals surface area contributed by atoms with Crippen molar-refractivity contribution in [1.82, 2.24) is 14.9 Å². The van der Waals surface area contributed by atoms with Gasteiger partial charge in [0.05, 0.1) is 0 Å². The van der Waals surface area contributed by atoms with Gasteiger partial charge in [-0.25, -0.2) is 4.98 Å². The highest BCUT2D eigenvalue weighted by Crippen LogP contribution is 2.26. The van der Waals surface area contributed by atoms with E-state index >= 15 is 0 Å². The van der Waals surface area contributed by atoms with Crippen LogP contribution in [0.1, 0.15) is 34.9 Å². The van der Waals surface area contributed by atoms with Crippen molar-refractivity contribution in [3.05, 3.63) is 78.4 Å². The summed E-state index contributed by atoms with van der Waals surface area (Å²) in [4.78, 5) is 22.5. The van der Waals surface area contributed by atoms with E-state index in [1.165, 1.54) is 0 Å². The Morgan fingerprint density at radius 2 is 1.92 bits per heavy atom. The van der Waals surface area contributed by atoms with Crippen LogP contribution in [0.5, 0.6) is 0 Å². The summed E-state index contributed by atoms with van der Waals surface area (Å²) in [6.07, 6.45) is 5.70. The molecule has 2 aromatic carbocycles. The van der Waals surface area contributed by atoms with Crippen molar-refractivity contribution in [2.24, 2.45) is 0 Å². The lowest BCUT2D eigenvalue weighted by Gasteiger charge is -2.32. The summed E-state index contributed by atoms with van der Waals surface area (Å²) < 4.78 is 0. The Bertz CT molecular complexity index is 843. The highest BCUT2D eigenvalue weighted by molar-refractivity contribution is 5.95. The summed E-state index contributed by atoms with van der Waals surface area (Å²) in [6, 6.07) is 18.1. The molecule has 3 aromatic rings. The molecule has 4 rings (SSSR count). The van der Waals surface area contributed by atoms with E-state index in [0.29, 0.717) is 5.92 Å². The first-order valence-corrected chi connectivity index (χ1v) is 8.75. The van der Waals surface area contributed by atoms with Gasteiger partial charge in [0.15, 0.2) is 0 Å². The molecule has 4 heteroatoms. The number of aromatic amines is 1. The minimum absolute atomic E-state index is 0.106. The van der Waals surface area contributed by atoms with E-state index in [1.54, 1.807) is 6.20 Å². The third-order valence-electron chi connectivity index (χ3n) is 4.83. The predicted octanol–water partition coefficient (Wildman–Crippen LogP) is 4.10. The van der Waals surface area contributed by atoms with Crippen molar-refractivity contribution >= 4 is 5.91 Å². The molecular formula is C21H21N3O. The SMILES string of the molecule is O=C(c1cccc(-c2ccccc2)c1)N1CCCC(c2ncc[nH]2)C1. The number of amides is 1. The summed E-state index contributed by atoms with van der Waals surface area (Å²) in [5.41, 5.74) is 2.96. The maximum Gasteiger partial charge on any atom is 0.253 e. The highest BCUT2D eigenvalue weighted by Gasteiger charge is 2.26. The molecule has 1 fully saturated rings. The van der Waals surface area contributed by atoms with Crippen LogP contribution in [-0.4, -0.2) is 33.9 Å². The molecule has 1 saturated heterocycles. The zero-order valence-corrected chi connectivity index (χ0v) is 14.1. The standard InChI is InChI=1S/C21H21N3O/c25-21(24-13-5-10-19(15-24)20-22-11-12-23-20)18-9-4-8-17(14-18)16-6-2-1-3-7-16/h1-4,6-9,11-12,14,19H,5,10,13,15H2,(H,22,23). The molecule has 0 aliphatic carbocycles. The monoisotopic (exact) mass is 331 g/mol. The van der Waals surface area contributed by atoms with E-state index in [1.807, 2.05) is 53.6 Å². The fourth-order valence-electron chi connectivity index (χ4n) is 3.53. The van der Waals surface area contributed by atoms with Crippen LogP contribution in [0, 0.1) is 0 Å². The lowest BCUT2D eigenvalue weighted by Crippen LogP contribution is -2.39. The molecule has 1 aliphatic rings. The van der Waals surface area contributed by atoms with Crippen molar-refractivity contribution in [3.8, 4) is 11.1 Å². The molecule has 1 amide bonds. The van der Waals surface area contributed by atoms with E-state index in [4.69, 9.17) is 0 Å². The minimum atomic E-state index is 0.106. The van der Waals surface area contributed by atoms with Gasteiger partial charge in [-0.2, -0.15) is 0 Å². The second kappa shape index (κ2) is 6.93. The number of benzene rings is 2. The van der Waals surface area contributed by atoms with E-state index in [2.05, 4.69) is 22.1 Å². The van der Waals surface area contributed by atoms with Crippen molar-refractivity contribution in [2.45, 2.75) is 18.8 Å². The topological polar surface area (TPSA) is 49.0 Å². The normalized spacial score (nSPS) is 17.4. The van der Waals surface area contributed by atoms with Crippen LogP contribution < -0.4 is 0 Å². The van der Waals surface area contributed by atoms with Gasteiger partial charge in [-0.3, -0.25) is 4.79 Å². The summed E-state index contributed by atoms with van der Waals surface area (Å²) in [5.74, 6) is 1.38. The lowest BCUT2D eigenvalue weighted by molar-refractivity contribution is 0.0705. The van der Waals surface area contributed by atoms with Crippen LogP contribution in [0.2, 0.25) is 0 Å². The largest absolute Gasteiger partial charge is 0.348 e. The van der Waals surface area contributed by atoms with Gasteiger partial charge in [-0.05, 0) is 36.1 Å². The Morgan fingerprint density at radius 3 is 2.72 bits per heavy atom. The molecule has 1 aliphatic heterocycles. The number of rotatable bonds is 3. The van der Waals surface area contributed by atoms with Crippen LogP contribution in [0.15, 0.2) is 67.0 Å². The Hall–Kier alpha value is -2.88. The first kappa shape index (κ1) is 15.6.